The van der Waals surface area contributed by atoms with Crippen LogP contribution in [0.25, 0.3) is 0 Å². The second-order valence-electron chi connectivity index (χ2n) is 6.44. The highest BCUT2D eigenvalue weighted by atomic mass is 15.3. The van der Waals surface area contributed by atoms with Gasteiger partial charge in [0, 0.05) is 30.2 Å². The third kappa shape index (κ3) is 5.38. The summed E-state index contributed by atoms with van der Waals surface area (Å²) in [5.74, 6) is 0.514. The molecule has 0 aliphatic rings. The molecule has 0 unspecified atom stereocenters. The molecule has 3 rings (SSSR count). The van der Waals surface area contributed by atoms with Crippen LogP contribution in [0.2, 0.25) is 0 Å². The number of hydrogen-bond acceptors (Lipinski definition) is 5. The highest BCUT2D eigenvalue weighted by Gasteiger charge is 2.05. The average Bonchev–Trinajstić information content (AvgIpc) is 2.67. The summed E-state index contributed by atoms with van der Waals surface area (Å²) in [5, 5.41) is 4.24. The van der Waals surface area contributed by atoms with Gasteiger partial charge in [0.2, 0.25) is 5.95 Å². The van der Waals surface area contributed by atoms with E-state index in [9.17, 15) is 0 Å². The molecule has 0 bridgehead atoms. The van der Waals surface area contributed by atoms with Gasteiger partial charge in [-0.2, -0.15) is 5.10 Å². The van der Waals surface area contributed by atoms with Gasteiger partial charge < -0.3 is 4.90 Å². The standard InChI is InChI=1S/C22H25N5/c1-4-27(16-20-8-6-5-7-9-20)21-12-10-19(11-13-21)15-23-26-22-24-17(2)14-18(3)25-22/h5-15H,4,16H2,1-3H3,(H,24,25,26). The summed E-state index contributed by atoms with van der Waals surface area (Å²) in [6, 6.07) is 20.8. The van der Waals surface area contributed by atoms with E-state index in [2.05, 4.69) is 80.8 Å². The third-order valence-electron chi connectivity index (χ3n) is 4.22. The molecule has 1 aromatic heterocycles. The van der Waals surface area contributed by atoms with Gasteiger partial charge in [-0.3, -0.25) is 0 Å². The van der Waals surface area contributed by atoms with E-state index < -0.39 is 0 Å². The molecule has 0 fully saturated rings. The molecule has 0 saturated carbocycles. The topological polar surface area (TPSA) is 53.4 Å². The number of aromatic nitrogens is 2. The van der Waals surface area contributed by atoms with Gasteiger partial charge in [0.15, 0.2) is 0 Å². The molecule has 0 atom stereocenters. The SMILES string of the molecule is CCN(Cc1ccccc1)c1ccc(C=NNc2nc(C)cc(C)n2)cc1. The number of hydrazone groups is 1. The van der Waals surface area contributed by atoms with Crippen LogP contribution in [0.3, 0.4) is 0 Å². The molecule has 0 aliphatic carbocycles. The third-order valence-corrected chi connectivity index (χ3v) is 4.22. The summed E-state index contributed by atoms with van der Waals surface area (Å²) >= 11 is 0. The van der Waals surface area contributed by atoms with E-state index in [1.807, 2.05) is 26.0 Å². The van der Waals surface area contributed by atoms with Crippen LogP contribution in [0.1, 0.15) is 29.4 Å². The average molecular weight is 359 g/mol. The van der Waals surface area contributed by atoms with E-state index in [1.165, 1.54) is 11.3 Å². The van der Waals surface area contributed by atoms with Crippen molar-refractivity contribution in [2.24, 2.45) is 5.10 Å². The summed E-state index contributed by atoms with van der Waals surface area (Å²) in [6.07, 6.45) is 1.78. The van der Waals surface area contributed by atoms with Crippen molar-refractivity contribution in [3.8, 4) is 0 Å². The minimum absolute atomic E-state index is 0.514. The lowest BCUT2D eigenvalue weighted by molar-refractivity contribution is 0.832. The van der Waals surface area contributed by atoms with Crippen molar-refractivity contribution in [1.82, 2.24) is 9.97 Å². The number of aryl methyl sites for hydroxylation is 2. The van der Waals surface area contributed by atoms with E-state index >= 15 is 0 Å². The van der Waals surface area contributed by atoms with Crippen molar-refractivity contribution in [3.63, 3.8) is 0 Å². The molecule has 1 heterocycles. The molecule has 5 heteroatoms. The molecule has 0 aliphatic heterocycles. The molecular formula is C22H25N5. The van der Waals surface area contributed by atoms with Gasteiger partial charge in [-0.1, -0.05) is 42.5 Å². The summed E-state index contributed by atoms with van der Waals surface area (Å²) in [4.78, 5) is 11.0. The lowest BCUT2D eigenvalue weighted by atomic mass is 10.1. The zero-order chi connectivity index (χ0) is 19.1. The summed E-state index contributed by atoms with van der Waals surface area (Å²) < 4.78 is 0. The molecule has 0 amide bonds. The lowest BCUT2D eigenvalue weighted by Crippen LogP contribution is -2.21. The zero-order valence-corrected chi connectivity index (χ0v) is 16.1. The maximum absolute atomic E-state index is 4.31. The Morgan fingerprint density at radius 2 is 1.63 bits per heavy atom. The molecule has 3 aromatic rings. The van der Waals surface area contributed by atoms with Crippen LogP contribution < -0.4 is 10.3 Å². The minimum Gasteiger partial charge on any atom is -0.367 e. The Kier molecular flexibility index (Phi) is 6.15. The van der Waals surface area contributed by atoms with Crippen molar-refractivity contribution in [1.29, 1.82) is 0 Å². The van der Waals surface area contributed by atoms with E-state index in [0.29, 0.717) is 5.95 Å². The molecule has 5 nitrogen and oxygen atoms in total. The highest BCUT2D eigenvalue weighted by molar-refractivity contribution is 5.80. The van der Waals surface area contributed by atoms with Crippen LogP contribution in [-0.4, -0.2) is 22.7 Å². The molecule has 0 saturated heterocycles. The van der Waals surface area contributed by atoms with Crippen molar-refractivity contribution in [3.05, 3.63) is 83.2 Å². The smallest absolute Gasteiger partial charge is 0.243 e. The van der Waals surface area contributed by atoms with E-state index in [-0.39, 0.29) is 0 Å². The Morgan fingerprint density at radius 1 is 0.963 bits per heavy atom. The molecular weight excluding hydrogens is 334 g/mol. The first-order valence-electron chi connectivity index (χ1n) is 9.14. The lowest BCUT2D eigenvalue weighted by Gasteiger charge is -2.23. The van der Waals surface area contributed by atoms with Crippen LogP contribution in [0.4, 0.5) is 11.6 Å². The van der Waals surface area contributed by atoms with E-state index in [1.54, 1.807) is 6.21 Å². The minimum atomic E-state index is 0.514. The predicted molar refractivity (Wildman–Crippen MR) is 112 cm³/mol. The summed E-state index contributed by atoms with van der Waals surface area (Å²) in [5.41, 5.74) is 8.26. The highest BCUT2D eigenvalue weighted by Crippen LogP contribution is 2.17. The van der Waals surface area contributed by atoms with Crippen LogP contribution in [0.5, 0.6) is 0 Å². The Hall–Kier alpha value is -3.21. The quantitative estimate of drug-likeness (QED) is 0.496. The fourth-order valence-corrected chi connectivity index (χ4v) is 2.90. The van der Waals surface area contributed by atoms with Crippen LogP contribution >= 0.6 is 0 Å². The van der Waals surface area contributed by atoms with Crippen LogP contribution in [0.15, 0.2) is 65.8 Å². The number of hydrogen-bond donors (Lipinski definition) is 1. The van der Waals surface area contributed by atoms with Crippen molar-refractivity contribution < 1.29 is 0 Å². The monoisotopic (exact) mass is 359 g/mol. The van der Waals surface area contributed by atoms with Crippen molar-refractivity contribution >= 4 is 17.9 Å². The van der Waals surface area contributed by atoms with Crippen LogP contribution in [0, 0.1) is 13.8 Å². The molecule has 2 aromatic carbocycles. The molecule has 27 heavy (non-hydrogen) atoms. The number of nitrogens with zero attached hydrogens (tertiary/aromatic N) is 4. The normalized spacial score (nSPS) is 10.9. The maximum atomic E-state index is 4.31. The van der Waals surface area contributed by atoms with Gasteiger partial charge in [0.25, 0.3) is 0 Å². The Morgan fingerprint density at radius 3 is 2.26 bits per heavy atom. The zero-order valence-electron chi connectivity index (χ0n) is 16.1. The predicted octanol–water partition coefficient (Wildman–Crippen LogP) is 4.57. The largest absolute Gasteiger partial charge is 0.367 e. The van der Waals surface area contributed by atoms with Gasteiger partial charge in [-0.15, -0.1) is 0 Å². The molecule has 0 radical (unpaired) electrons. The Labute approximate surface area is 160 Å². The first-order chi connectivity index (χ1) is 13.1. The number of benzene rings is 2. The first-order valence-corrected chi connectivity index (χ1v) is 9.14. The maximum Gasteiger partial charge on any atom is 0.243 e. The Balaban J connectivity index is 1.63. The van der Waals surface area contributed by atoms with Crippen LogP contribution in [-0.2, 0) is 6.54 Å². The molecule has 1 N–H and O–H groups in total. The van der Waals surface area contributed by atoms with E-state index in [0.717, 1.165) is 30.0 Å². The Bertz CT molecular complexity index is 868. The fourth-order valence-electron chi connectivity index (χ4n) is 2.90. The second kappa shape index (κ2) is 8.94. The van der Waals surface area contributed by atoms with Gasteiger partial charge in [0.05, 0.1) is 6.21 Å². The second-order valence-corrected chi connectivity index (χ2v) is 6.44. The van der Waals surface area contributed by atoms with Gasteiger partial charge in [-0.05, 0) is 50.1 Å². The number of rotatable bonds is 7. The van der Waals surface area contributed by atoms with Gasteiger partial charge >= 0.3 is 0 Å². The van der Waals surface area contributed by atoms with Gasteiger partial charge in [-0.25, -0.2) is 15.4 Å². The van der Waals surface area contributed by atoms with Crippen molar-refractivity contribution in [2.75, 3.05) is 16.9 Å². The summed E-state index contributed by atoms with van der Waals surface area (Å²) in [7, 11) is 0. The first kappa shape index (κ1) is 18.6. The summed E-state index contributed by atoms with van der Waals surface area (Å²) in [6.45, 7) is 7.91. The number of nitrogens with one attached hydrogen (secondary N) is 1. The number of anilines is 2. The van der Waals surface area contributed by atoms with Gasteiger partial charge in [0.1, 0.15) is 0 Å². The molecule has 138 valence electrons. The van der Waals surface area contributed by atoms with Crippen molar-refractivity contribution in [2.45, 2.75) is 27.3 Å². The fraction of sp³-hybridized carbons (Fsp3) is 0.227. The molecule has 0 spiro atoms. The van der Waals surface area contributed by atoms with E-state index in [4.69, 9.17) is 0 Å².